The zero-order valence-electron chi connectivity index (χ0n) is 11.8. The third-order valence-electron chi connectivity index (χ3n) is 3.80. The van der Waals surface area contributed by atoms with Gasteiger partial charge in [0.2, 0.25) is 5.95 Å². The second kappa shape index (κ2) is 5.59. The lowest BCUT2D eigenvalue weighted by Gasteiger charge is -2.33. The lowest BCUT2D eigenvalue weighted by molar-refractivity contribution is 0.223. The molecule has 0 saturated heterocycles. The highest BCUT2D eigenvalue weighted by Gasteiger charge is 2.26. The fourth-order valence-corrected chi connectivity index (χ4v) is 3.22. The molecule has 0 bridgehead atoms. The Morgan fingerprint density at radius 3 is 2.67 bits per heavy atom. The van der Waals surface area contributed by atoms with Crippen LogP contribution in [0.3, 0.4) is 0 Å². The van der Waals surface area contributed by atoms with Gasteiger partial charge in [0.15, 0.2) is 0 Å². The number of aromatic nitrogens is 2. The number of imidazole rings is 1. The van der Waals surface area contributed by atoms with E-state index in [1.807, 2.05) is 6.08 Å². The molecule has 0 amide bonds. The molecule has 2 rings (SSSR count). The van der Waals surface area contributed by atoms with Crippen LogP contribution in [0.4, 0.5) is 5.95 Å². The highest BCUT2D eigenvalue weighted by atomic mass is 15.2. The summed E-state index contributed by atoms with van der Waals surface area (Å²) in [5.41, 5.74) is 1.09. The highest BCUT2D eigenvalue weighted by molar-refractivity contribution is 5.30. The van der Waals surface area contributed by atoms with Crippen molar-refractivity contribution in [2.24, 2.45) is 11.8 Å². The van der Waals surface area contributed by atoms with Gasteiger partial charge in [-0.1, -0.05) is 19.9 Å². The Labute approximate surface area is 110 Å². The molecule has 0 radical (unpaired) electrons. The maximum absolute atomic E-state index is 4.58. The summed E-state index contributed by atoms with van der Waals surface area (Å²) in [5, 5.41) is 3.34. The minimum absolute atomic E-state index is 0.595. The van der Waals surface area contributed by atoms with Gasteiger partial charge in [-0.3, -0.25) is 0 Å². The first-order valence-corrected chi connectivity index (χ1v) is 7.00. The van der Waals surface area contributed by atoms with Crippen LogP contribution in [0.5, 0.6) is 0 Å². The quantitative estimate of drug-likeness (QED) is 0.820. The summed E-state index contributed by atoms with van der Waals surface area (Å²) in [6.45, 7) is 11.3. The normalized spacial score (nSPS) is 28.1. The van der Waals surface area contributed by atoms with E-state index in [9.17, 15) is 0 Å². The molecule has 1 fully saturated rings. The van der Waals surface area contributed by atoms with Crippen LogP contribution in [0, 0.1) is 18.8 Å². The van der Waals surface area contributed by atoms with Crippen LogP contribution >= 0.6 is 0 Å². The van der Waals surface area contributed by atoms with E-state index in [4.69, 9.17) is 0 Å². The van der Waals surface area contributed by atoms with Gasteiger partial charge < -0.3 is 9.88 Å². The van der Waals surface area contributed by atoms with Gasteiger partial charge in [0.1, 0.15) is 0 Å². The van der Waals surface area contributed by atoms with E-state index in [0.717, 1.165) is 30.0 Å². The van der Waals surface area contributed by atoms with Crippen LogP contribution in [0.25, 0.3) is 0 Å². The summed E-state index contributed by atoms with van der Waals surface area (Å²) in [7, 11) is 0. The molecule has 1 saturated carbocycles. The Balaban J connectivity index is 2.17. The second-order valence-corrected chi connectivity index (χ2v) is 5.85. The summed E-state index contributed by atoms with van der Waals surface area (Å²) in [6, 6.07) is 0.595. The first kappa shape index (κ1) is 13.2. The molecule has 1 N–H and O–H groups in total. The molecule has 18 heavy (non-hydrogen) atoms. The predicted molar refractivity (Wildman–Crippen MR) is 76.9 cm³/mol. The maximum atomic E-state index is 4.58. The first-order valence-electron chi connectivity index (χ1n) is 7.00. The molecule has 1 heterocycles. The van der Waals surface area contributed by atoms with Crippen molar-refractivity contribution in [1.82, 2.24) is 9.55 Å². The number of anilines is 1. The molecule has 0 spiro atoms. The predicted octanol–water partition coefficient (Wildman–Crippen LogP) is 3.79. The van der Waals surface area contributed by atoms with Crippen LogP contribution in [-0.4, -0.2) is 16.1 Å². The molecule has 2 unspecified atom stereocenters. The van der Waals surface area contributed by atoms with Gasteiger partial charge in [0, 0.05) is 18.8 Å². The van der Waals surface area contributed by atoms with Crippen LogP contribution < -0.4 is 5.32 Å². The minimum Gasteiger partial charge on any atom is -0.352 e. The minimum atomic E-state index is 0.595. The summed E-state index contributed by atoms with van der Waals surface area (Å²) in [5.74, 6) is 2.63. The molecule has 1 aliphatic rings. The topological polar surface area (TPSA) is 29.9 Å². The average Bonchev–Trinajstić information content (AvgIpc) is 2.66. The summed E-state index contributed by atoms with van der Waals surface area (Å²) in [4.78, 5) is 4.58. The Hall–Kier alpha value is -1.25. The molecule has 1 aromatic rings. The van der Waals surface area contributed by atoms with Crippen molar-refractivity contribution in [3.63, 3.8) is 0 Å². The highest BCUT2D eigenvalue weighted by Crippen LogP contribution is 2.37. The van der Waals surface area contributed by atoms with Gasteiger partial charge in [0.05, 0.1) is 5.69 Å². The molecule has 2 atom stereocenters. The molecule has 1 aliphatic carbocycles. The largest absolute Gasteiger partial charge is 0.352 e. The Bertz CT molecular complexity index is 398. The Kier molecular flexibility index (Phi) is 4.10. The van der Waals surface area contributed by atoms with Crippen molar-refractivity contribution < 1.29 is 0 Å². The van der Waals surface area contributed by atoms with Crippen LogP contribution in [0.1, 0.15) is 44.8 Å². The molecule has 0 aromatic carbocycles. The zero-order chi connectivity index (χ0) is 13.1. The van der Waals surface area contributed by atoms with E-state index in [1.165, 1.54) is 19.3 Å². The first-order chi connectivity index (χ1) is 8.60. The molecule has 1 aromatic heterocycles. The third-order valence-corrected chi connectivity index (χ3v) is 3.80. The van der Waals surface area contributed by atoms with E-state index in [-0.39, 0.29) is 0 Å². The van der Waals surface area contributed by atoms with E-state index < -0.39 is 0 Å². The summed E-state index contributed by atoms with van der Waals surface area (Å²) in [6.07, 6.45) is 7.95. The van der Waals surface area contributed by atoms with Crippen molar-refractivity contribution in [1.29, 1.82) is 0 Å². The van der Waals surface area contributed by atoms with Gasteiger partial charge in [0.25, 0.3) is 0 Å². The number of hydrogen-bond donors (Lipinski definition) is 1. The lowest BCUT2D eigenvalue weighted by atomic mass is 9.80. The molecule has 0 aliphatic heterocycles. The van der Waals surface area contributed by atoms with Crippen LogP contribution in [0.15, 0.2) is 18.9 Å². The number of hydrogen-bond acceptors (Lipinski definition) is 2. The zero-order valence-corrected chi connectivity index (χ0v) is 11.8. The SMILES string of the molecule is C=CCNc1nc(C)cn1C1CC(C)CC(C)C1. The van der Waals surface area contributed by atoms with Crippen molar-refractivity contribution in [2.75, 3.05) is 11.9 Å². The van der Waals surface area contributed by atoms with E-state index >= 15 is 0 Å². The van der Waals surface area contributed by atoms with Gasteiger partial charge in [-0.25, -0.2) is 4.98 Å². The molecular formula is C15H25N3. The smallest absolute Gasteiger partial charge is 0.203 e. The molecule has 3 nitrogen and oxygen atoms in total. The summed E-state index contributed by atoms with van der Waals surface area (Å²) < 4.78 is 2.34. The standard InChI is InChI=1S/C15H25N3/c1-5-6-16-15-17-13(4)10-18(15)14-8-11(2)7-12(3)9-14/h5,10-12,14H,1,6-9H2,2-4H3,(H,16,17). The van der Waals surface area contributed by atoms with Crippen molar-refractivity contribution in [3.8, 4) is 0 Å². The van der Waals surface area contributed by atoms with Gasteiger partial charge in [-0.15, -0.1) is 6.58 Å². The number of rotatable bonds is 4. The number of nitrogens with zero attached hydrogens (tertiary/aromatic N) is 2. The Morgan fingerprint density at radius 1 is 1.39 bits per heavy atom. The number of nitrogens with one attached hydrogen (secondary N) is 1. The van der Waals surface area contributed by atoms with Crippen molar-refractivity contribution in [2.45, 2.75) is 46.1 Å². The van der Waals surface area contributed by atoms with Gasteiger partial charge >= 0.3 is 0 Å². The van der Waals surface area contributed by atoms with Crippen LogP contribution in [-0.2, 0) is 0 Å². The number of aryl methyl sites for hydroxylation is 1. The fraction of sp³-hybridized carbons (Fsp3) is 0.667. The van der Waals surface area contributed by atoms with Crippen molar-refractivity contribution in [3.05, 3.63) is 24.5 Å². The third kappa shape index (κ3) is 2.95. The van der Waals surface area contributed by atoms with Crippen molar-refractivity contribution >= 4 is 5.95 Å². The summed E-state index contributed by atoms with van der Waals surface area (Å²) >= 11 is 0. The lowest BCUT2D eigenvalue weighted by Crippen LogP contribution is -2.23. The maximum Gasteiger partial charge on any atom is 0.203 e. The van der Waals surface area contributed by atoms with Crippen LogP contribution in [0.2, 0.25) is 0 Å². The molecule has 3 heteroatoms. The molecule has 100 valence electrons. The van der Waals surface area contributed by atoms with Gasteiger partial charge in [-0.2, -0.15) is 0 Å². The van der Waals surface area contributed by atoms with E-state index in [0.29, 0.717) is 6.04 Å². The fourth-order valence-electron chi connectivity index (χ4n) is 3.22. The molecular weight excluding hydrogens is 222 g/mol. The monoisotopic (exact) mass is 247 g/mol. The second-order valence-electron chi connectivity index (χ2n) is 5.85. The average molecular weight is 247 g/mol. The van der Waals surface area contributed by atoms with E-state index in [2.05, 4.69) is 48.4 Å². The van der Waals surface area contributed by atoms with Gasteiger partial charge in [-0.05, 0) is 38.0 Å². The Morgan fingerprint density at radius 2 is 2.06 bits per heavy atom. The van der Waals surface area contributed by atoms with E-state index in [1.54, 1.807) is 0 Å².